The van der Waals surface area contributed by atoms with Crippen molar-refractivity contribution in [1.82, 2.24) is 0 Å². The summed E-state index contributed by atoms with van der Waals surface area (Å²) in [5.74, 6) is -0.851. The Labute approximate surface area is 168 Å². The Bertz CT molecular complexity index is 1020. The van der Waals surface area contributed by atoms with Gasteiger partial charge in [-0.15, -0.1) is 0 Å². The Balaban J connectivity index is 2.51. The first kappa shape index (κ1) is 22.0. The van der Waals surface area contributed by atoms with Gasteiger partial charge in [0.1, 0.15) is 4.90 Å². The average molecular weight is 423 g/mol. The summed E-state index contributed by atoms with van der Waals surface area (Å²) in [4.78, 5) is 23.4. The molecule has 1 N–H and O–H groups in total. The van der Waals surface area contributed by atoms with E-state index >= 15 is 0 Å². The Hall–Kier alpha value is -3.27. The highest BCUT2D eigenvalue weighted by molar-refractivity contribution is 7.92. The minimum absolute atomic E-state index is 0.0372. The van der Waals surface area contributed by atoms with Gasteiger partial charge in [-0.25, -0.2) is 18.0 Å². The first-order chi connectivity index (χ1) is 13.8. The summed E-state index contributed by atoms with van der Waals surface area (Å²) in [7, 11) is -0.562. The van der Waals surface area contributed by atoms with Gasteiger partial charge in [-0.3, -0.25) is 4.72 Å². The van der Waals surface area contributed by atoms with Crippen LogP contribution in [0.5, 0.6) is 11.5 Å². The lowest BCUT2D eigenvalue weighted by Crippen LogP contribution is -2.19. The van der Waals surface area contributed by atoms with Crippen LogP contribution in [0.4, 0.5) is 5.69 Å². The van der Waals surface area contributed by atoms with Crippen molar-refractivity contribution < 1.29 is 37.0 Å². The van der Waals surface area contributed by atoms with E-state index in [-0.39, 0.29) is 16.8 Å². The van der Waals surface area contributed by atoms with E-state index in [2.05, 4.69) is 14.2 Å². The van der Waals surface area contributed by atoms with Crippen molar-refractivity contribution in [1.29, 1.82) is 0 Å². The molecule has 0 aliphatic heterocycles. The number of hydrogen-bond acceptors (Lipinski definition) is 8. The molecule has 9 nitrogen and oxygen atoms in total. The van der Waals surface area contributed by atoms with Gasteiger partial charge in [0.15, 0.2) is 11.5 Å². The second kappa shape index (κ2) is 9.28. The lowest BCUT2D eigenvalue weighted by atomic mass is 10.1. The van der Waals surface area contributed by atoms with Crippen molar-refractivity contribution in [3.8, 4) is 11.5 Å². The molecule has 0 aliphatic carbocycles. The van der Waals surface area contributed by atoms with E-state index in [9.17, 15) is 18.0 Å². The Morgan fingerprint density at radius 3 is 2.21 bits per heavy atom. The number of carbonyl (C=O) groups is 2. The molecule has 0 aliphatic rings. The molecule has 0 radical (unpaired) electrons. The van der Waals surface area contributed by atoms with E-state index < -0.39 is 26.9 Å². The standard InChI is InChI=1S/C19H21NO8S/c1-5-28-15-9-7-13(11-16(15)25-2)20-29(23,24)17-10-12(18(21)26-3)6-8-14(17)19(22)27-4/h6-11,20H,5H2,1-4H3. The van der Waals surface area contributed by atoms with Gasteiger partial charge in [0, 0.05) is 6.07 Å². The third-order valence-corrected chi connectivity index (χ3v) is 5.23. The molecule has 0 fully saturated rings. The quantitative estimate of drug-likeness (QED) is 0.644. The minimum Gasteiger partial charge on any atom is -0.493 e. The van der Waals surface area contributed by atoms with Crippen LogP contribution in [-0.4, -0.2) is 48.3 Å². The Kier molecular flexibility index (Phi) is 7.05. The highest BCUT2D eigenvalue weighted by atomic mass is 32.2. The number of ether oxygens (including phenoxy) is 4. The number of methoxy groups -OCH3 is 3. The third kappa shape index (κ3) is 4.96. The smallest absolute Gasteiger partial charge is 0.339 e. The molecular weight excluding hydrogens is 402 g/mol. The van der Waals surface area contributed by atoms with Gasteiger partial charge in [-0.05, 0) is 37.3 Å². The number of carbonyl (C=O) groups excluding carboxylic acids is 2. The lowest BCUT2D eigenvalue weighted by molar-refractivity contribution is 0.0583. The molecule has 0 spiro atoms. The summed E-state index contributed by atoms with van der Waals surface area (Å²) in [5, 5.41) is 0. The van der Waals surface area contributed by atoms with Gasteiger partial charge in [0.25, 0.3) is 10.0 Å². The first-order valence-electron chi connectivity index (χ1n) is 8.41. The molecule has 0 aromatic heterocycles. The van der Waals surface area contributed by atoms with E-state index in [1.807, 2.05) is 0 Å². The van der Waals surface area contributed by atoms with Gasteiger partial charge >= 0.3 is 11.9 Å². The SMILES string of the molecule is CCOc1ccc(NS(=O)(=O)c2cc(C(=O)OC)ccc2C(=O)OC)cc1OC. The van der Waals surface area contributed by atoms with Crippen LogP contribution >= 0.6 is 0 Å². The van der Waals surface area contributed by atoms with Crippen LogP contribution in [0, 0.1) is 0 Å². The average Bonchev–Trinajstić information content (AvgIpc) is 2.73. The predicted octanol–water partition coefficient (Wildman–Crippen LogP) is 2.47. The number of anilines is 1. The molecule has 0 bridgehead atoms. The van der Waals surface area contributed by atoms with Crippen molar-refractivity contribution in [3.63, 3.8) is 0 Å². The maximum Gasteiger partial charge on any atom is 0.339 e. The summed E-state index contributed by atoms with van der Waals surface area (Å²) < 4.78 is 48.2. The maximum absolute atomic E-state index is 13.0. The number of esters is 2. The Morgan fingerprint density at radius 1 is 0.931 bits per heavy atom. The summed E-state index contributed by atoms with van der Waals surface area (Å²) >= 11 is 0. The van der Waals surface area contributed by atoms with Crippen LogP contribution in [0.1, 0.15) is 27.6 Å². The van der Waals surface area contributed by atoms with E-state index in [4.69, 9.17) is 9.47 Å². The first-order valence-corrected chi connectivity index (χ1v) is 9.90. The molecule has 0 heterocycles. The van der Waals surface area contributed by atoms with Gasteiger partial charge in [-0.2, -0.15) is 0 Å². The zero-order chi connectivity index (χ0) is 21.6. The molecule has 0 unspecified atom stereocenters. The van der Waals surface area contributed by atoms with Gasteiger partial charge < -0.3 is 18.9 Å². The van der Waals surface area contributed by atoms with E-state index in [0.717, 1.165) is 20.3 Å². The number of benzene rings is 2. The fourth-order valence-corrected chi connectivity index (χ4v) is 3.75. The van der Waals surface area contributed by atoms with Gasteiger partial charge in [0.2, 0.25) is 0 Å². The second-order valence-corrected chi connectivity index (χ2v) is 7.25. The molecule has 0 saturated carbocycles. The van der Waals surface area contributed by atoms with Crippen LogP contribution in [-0.2, 0) is 19.5 Å². The molecule has 29 heavy (non-hydrogen) atoms. The second-order valence-electron chi connectivity index (χ2n) is 5.60. The summed E-state index contributed by atoms with van der Waals surface area (Å²) in [6.07, 6.45) is 0. The molecular formula is C19H21NO8S. The van der Waals surface area contributed by atoms with Crippen molar-refractivity contribution in [3.05, 3.63) is 47.5 Å². The van der Waals surface area contributed by atoms with E-state index in [1.165, 1.54) is 31.4 Å². The summed E-state index contributed by atoms with van der Waals surface area (Å²) in [6, 6.07) is 7.97. The van der Waals surface area contributed by atoms with E-state index in [0.29, 0.717) is 18.1 Å². The molecule has 0 amide bonds. The summed E-state index contributed by atoms with van der Waals surface area (Å²) in [5.41, 5.74) is -0.0973. The molecule has 0 saturated heterocycles. The molecule has 10 heteroatoms. The van der Waals surface area contributed by atoms with Gasteiger partial charge in [0.05, 0.1) is 44.8 Å². The van der Waals surface area contributed by atoms with Crippen molar-refractivity contribution in [2.24, 2.45) is 0 Å². The number of sulfonamides is 1. The fraction of sp³-hybridized carbons (Fsp3) is 0.263. The van der Waals surface area contributed by atoms with Crippen LogP contribution < -0.4 is 14.2 Å². The van der Waals surface area contributed by atoms with Crippen LogP contribution in [0.15, 0.2) is 41.3 Å². The van der Waals surface area contributed by atoms with Crippen LogP contribution in [0.2, 0.25) is 0 Å². The molecule has 2 rings (SSSR count). The van der Waals surface area contributed by atoms with Crippen molar-refractivity contribution >= 4 is 27.6 Å². The molecule has 156 valence electrons. The Morgan fingerprint density at radius 2 is 1.62 bits per heavy atom. The normalized spacial score (nSPS) is 10.8. The van der Waals surface area contributed by atoms with Crippen LogP contribution in [0.25, 0.3) is 0 Å². The minimum atomic E-state index is -4.27. The highest BCUT2D eigenvalue weighted by Crippen LogP contribution is 2.31. The van der Waals surface area contributed by atoms with Crippen molar-refractivity contribution in [2.75, 3.05) is 32.7 Å². The number of rotatable bonds is 8. The van der Waals surface area contributed by atoms with Crippen molar-refractivity contribution in [2.45, 2.75) is 11.8 Å². The summed E-state index contributed by atoms with van der Waals surface area (Å²) in [6.45, 7) is 2.21. The van der Waals surface area contributed by atoms with Crippen LogP contribution in [0.3, 0.4) is 0 Å². The van der Waals surface area contributed by atoms with Gasteiger partial charge in [-0.1, -0.05) is 0 Å². The lowest BCUT2D eigenvalue weighted by Gasteiger charge is -2.14. The predicted molar refractivity (Wildman–Crippen MR) is 104 cm³/mol. The highest BCUT2D eigenvalue weighted by Gasteiger charge is 2.25. The monoisotopic (exact) mass is 423 g/mol. The molecule has 2 aromatic carbocycles. The number of nitrogens with one attached hydrogen (secondary N) is 1. The number of hydrogen-bond donors (Lipinski definition) is 1. The zero-order valence-corrected chi connectivity index (χ0v) is 17.2. The topological polar surface area (TPSA) is 117 Å². The molecule has 0 atom stereocenters. The zero-order valence-electron chi connectivity index (χ0n) is 16.3. The third-order valence-electron chi connectivity index (χ3n) is 3.81. The van der Waals surface area contributed by atoms with E-state index in [1.54, 1.807) is 13.0 Å². The largest absolute Gasteiger partial charge is 0.493 e. The maximum atomic E-state index is 13.0. The fourth-order valence-electron chi connectivity index (χ4n) is 2.48. The molecule has 2 aromatic rings.